The molecule has 0 atom stereocenters. The number of hydrogen-bond donors (Lipinski definition) is 1. The first-order valence-electron chi connectivity index (χ1n) is 4.18. The molecule has 1 rings (SSSR count). The Kier molecular flexibility index (Phi) is 3.81. The molecule has 1 aromatic carbocycles. The molecule has 1 aromatic rings. The van der Waals surface area contributed by atoms with Gasteiger partial charge in [0.25, 0.3) is 0 Å². The molecule has 0 unspecified atom stereocenters. The fraction of sp³-hybridized carbons (Fsp3) is 0.167. The van der Waals surface area contributed by atoms with Crippen LogP contribution in [0.1, 0.15) is 11.1 Å². The zero-order chi connectivity index (χ0) is 9.52. The predicted molar refractivity (Wildman–Crippen MR) is 54.3 cm³/mol. The first-order valence-corrected chi connectivity index (χ1v) is 4.18. The van der Waals surface area contributed by atoms with Crippen molar-refractivity contribution >= 4 is 0 Å². The van der Waals surface area contributed by atoms with Crippen LogP contribution in [0, 0.1) is 12.3 Å². The van der Waals surface area contributed by atoms with E-state index in [1.165, 1.54) is 5.56 Å². The maximum atomic E-state index is 8.51. The number of aliphatic hydroxyl groups excluding tert-OH is 1. The van der Waals surface area contributed by atoms with E-state index in [-0.39, 0.29) is 6.61 Å². The topological polar surface area (TPSA) is 20.2 Å². The van der Waals surface area contributed by atoms with Crippen molar-refractivity contribution in [3.8, 4) is 12.3 Å². The SMILES string of the molecule is C#Cc1ccc(C/C=C/CO)cc1. The monoisotopic (exact) mass is 172 g/mol. The van der Waals surface area contributed by atoms with Gasteiger partial charge in [-0.1, -0.05) is 30.2 Å². The molecule has 0 amide bonds. The zero-order valence-electron chi connectivity index (χ0n) is 7.40. The van der Waals surface area contributed by atoms with Gasteiger partial charge in [0.1, 0.15) is 0 Å². The summed E-state index contributed by atoms with van der Waals surface area (Å²) in [6.07, 6.45) is 9.73. The first-order chi connectivity index (χ1) is 6.36. The molecule has 0 spiro atoms. The summed E-state index contributed by atoms with van der Waals surface area (Å²) in [5, 5.41) is 8.51. The van der Waals surface area contributed by atoms with Gasteiger partial charge in [-0.3, -0.25) is 0 Å². The lowest BCUT2D eigenvalue weighted by molar-refractivity contribution is 0.342. The van der Waals surface area contributed by atoms with Crippen LogP contribution in [0.5, 0.6) is 0 Å². The highest BCUT2D eigenvalue weighted by Crippen LogP contribution is 2.04. The van der Waals surface area contributed by atoms with Crippen molar-refractivity contribution in [2.24, 2.45) is 0 Å². The highest BCUT2D eigenvalue weighted by atomic mass is 16.2. The highest BCUT2D eigenvalue weighted by molar-refractivity contribution is 5.34. The van der Waals surface area contributed by atoms with Crippen LogP contribution >= 0.6 is 0 Å². The average molecular weight is 172 g/mol. The second-order valence-corrected chi connectivity index (χ2v) is 2.70. The Morgan fingerprint density at radius 1 is 1.23 bits per heavy atom. The summed E-state index contributed by atoms with van der Waals surface area (Å²) in [5.41, 5.74) is 2.10. The lowest BCUT2D eigenvalue weighted by Gasteiger charge is -1.95. The minimum absolute atomic E-state index is 0.0996. The molecule has 0 saturated heterocycles. The number of allylic oxidation sites excluding steroid dienone is 1. The number of benzene rings is 1. The summed E-state index contributed by atoms with van der Waals surface area (Å²) in [4.78, 5) is 0. The Bertz CT molecular complexity index is 314. The van der Waals surface area contributed by atoms with Crippen LogP contribution in [-0.2, 0) is 6.42 Å². The number of rotatable bonds is 3. The molecule has 1 N–H and O–H groups in total. The third-order valence-electron chi connectivity index (χ3n) is 1.75. The average Bonchev–Trinajstić information content (AvgIpc) is 2.19. The van der Waals surface area contributed by atoms with E-state index in [1.54, 1.807) is 6.08 Å². The minimum Gasteiger partial charge on any atom is -0.392 e. The van der Waals surface area contributed by atoms with Gasteiger partial charge in [-0.25, -0.2) is 0 Å². The van der Waals surface area contributed by atoms with Crippen molar-refractivity contribution in [1.82, 2.24) is 0 Å². The maximum absolute atomic E-state index is 8.51. The van der Waals surface area contributed by atoms with Gasteiger partial charge in [0.05, 0.1) is 6.61 Å². The van der Waals surface area contributed by atoms with E-state index in [0.29, 0.717) is 0 Å². The quantitative estimate of drug-likeness (QED) is 0.544. The third-order valence-corrected chi connectivity index (χ3v) is 1.75. The molecule has 1 nitrogen and oxygen atoms in total. The van der Waals surface area contributed by atoms with Gasteiger partial charge in [0.15, 0.2) is 0 Å². The fourth-order valence-corrected chi connectivity index (χ4v) is 1.03. The molecule has 0 aliphatic rings. The van der Waals surface area contributed by atoms with Gasteiger partial charge in [-0.2, -0.15) is 0 Å². The summed E-state index contributed by atoms with van der Waals surface area (Å²) in [6, 6.07) is 7.83. The van der Waals surface area contributed by atoms with E-state index in [1.807, 2.05) is 30.3 Å². The number of hydrogen-bond acceptors (Lipinski definition) is 1. The summed E-state index contributed by atoms with van der Waals surface area (Å²) >= 11 is 0. The van der Waals surface area contributed by atoms with Crippen LogP contribution < -0.4 is 0 Å². The molecule has 0 bridgehead atoms. The van der Waals surface area contributed by atoms with Gasteiger partial charge < -0.3 is 5.11 Å². The highest BCUT2D eigenvalue weighted by Gasteiger charge is 1.89. The fourth-order valence-electron chi connectivity index (χ4n) is 1.03. The van der Waals surface area contributed by atoms with Crippen LogP contribution in [0.15, 0.2) is 36.4 Å². The van der Waals surface area contributed by atoms with Gasteiger partial charge in [0, 0.05) is 5.56 Å². The van der Waals surface area contributed by atoms with Gasteiger partial charge in [-0.05, 0) is 24.1 Å². The third kappa shape index (κ3) is 3.14. The molecule has 66 valence electrons. The molecule has 0 fully saturated rings. The molecule has 0 radical (unpaired) electrons. The molecule has 13 heavy (non-hydrogen) atoms. The Labute approximate surface area is 78.7 Å². The Morgan fingerprint density at radius 3 is 2.46 bits per heavy atom. The summed E-state index contributed by atoms with van der Waals surface area (Å²) in [7, 11) is 0. The second-order valence-electron chi connectivity index (χ2n) is 2.70. The van der Waals surface area contributed by atoms with Crippen LogP contribution in [0.25, 0.3) is 0 Å². The van der Waals surface area contributed by atoms with Gasteiger partial charge in [-0.15, -0.1) is 6.42 Å². The van der Waals surface area contributed by atoms with Crippen LogP contribution in [-0.4, -0.2) is 11.7 Å². The molecular formula is C12H12O. The lowest BCUT2D eigenvalue weighted by Crippen LogP contribution is -1.82. The summed E-state index contributed by atoms with van der Waals surface area (Å²) in [5.74, 6) is 2.56. The molecule has 1 heteroatoms. The van der Waals surface area contributed by atoms with Crippen LogP contribution in [0.3, 0.4) is 0 Å². The van der Waals surface area contributed by atoms with E-state index >= 15 is 0 Å². The number of aliphatic hydroxyl groups is 1. The second kappa shape index (κ2) is 5.18. The Balaban J connectivity index is 2.60. The van der Waals surface area contributed by atoms with E-state index in [2.05, 4.69) is 5.92 Å². The predicted octanol–water partition coefficient (Wildman–Crippen LogP) is 1.76. The van der Waals surface area contributed by atoms with Gasteiger partial charge in [0.2, 0.25) is 0 Å². The van der Waals surface area contributed by atoms with E-state index in [4.69, 9.17) is 11.5 Å². The Hall–Kier alpha value is -1.52. The molecule has 0 heterocycles. The lowest BCUT2D eigenvalue weighted by atomic mass is 10.1. The van der Waals surface area contributed by atoms with Crippen molar-refractivity contribution in [3.63, 3.8) is 0 Å². The van der Waals surface area contributed by atoms with E-state index < -0.39 is 0 Å². The molecule has 0 saturated carbocycles. The number of terminal acetylenes is 1. The normalized spacial score (nSPS) is 10.2. The zero-order valence-corrected chi connectivity index (χ0v) is 7.40. The maximum Gasteiger partial charge on any atom is 0.0612 e. The standard InChI is InChI=1S/C12H12O/c1-2-11-6-8-12(9-7-11)5-3-4-10-13/h1,3-4,6-9,13H,5,10H2/b4-3+. The van der Waals surface area contributed by atoms with Crippen molar-refractivity contribution < 1.29 is 5.11 Å². The Morgan fingerprint density at radius 2 is 1.92 bits per heavy atom. The van der Waals surface area contributed by atoms with Crippen molar-refractivity contribution in [2.45, 2.75) is 6.42 Å². The summed E-state index contributed by atoms with van der Waals surface area (Å²) < 4.78 is 0. The van der Waals surface area contributed by atoms with Crippen molar-refractivity contribution in [2.75, 3.05) is 6.61 Å². The minimum atomic E-state index is 0.0996. The largest absolute Gasteiger partial charge is 0.392 e. The molecular weight excluding hydrogens is 160 g/mol. The van der Waals surface area contributed by atoms with Crippen molar-refractivity contribution in [1.29, 1.82) is 0 Å². The molecule has 0 aromatic heterocycles. The first kappa shape index (κ1) is 9.57. The van der Waals surface area contributed by atoms with Crippen molar-refractivity contribution in [3.05, 3.63) is 47.5 Å². The van der Waals surface area contributed by atoms with E-state index in [9.17, 15) is 0 Å². The van der Waals surface area contributed by atoms with Crippen LogP contribution in [0.4, 0.5) is 0 Å². The van der Waals surface area contributed by atoms with E-state index in [0.717, 1.165) is 12.0 Å². The smallest absolute Gasteiger partial charge is 0.0612 e. The van der Waals surface area contributed by atoms with Gasteiger partial charge >= 0.3 is 0 Å². The molecule has 0 aliphatic carbocycles. The molecule has 0 aliphatic heterocycles. The van der Waals surface area contributed by atoms with Crippen LogP contribution in [0.2, 0.25) is 0 Å². The summed E-state index contributed by atoms with van der Waals surface area (Å²) in [6.45, 7) is 0.0996.